The van der Waals surface area contributed by atoms with Crippen LogP contribution in [0.3, 0.4) is 0 Å². The Morgan fingerprint density at radius 1 is 1.43 bits per heavy atom. The molecule has 14 heavy (non-hydrogen) atoms. The van der Waals surface area contributed by atoms with Crippen LogP contribution in [0.25, 0.3) is 0 Å². The average molecular weight is 218 g/mol. The van der Waals surface area contributed by atoms with Gasteiger partial charge in [0, 0.05) is 24.9 Å². The minimum Gasteiger partial charge on any atom is -0.342 e. The first-order chi connectivity index (χ1) is 6.46. The Kier molecular flexibility index (Phi) is 3.82. The van der Waals surface area contributed by atoms with Gasteiger partial charge in [0.25, 0.3) is 0 Å². The van der Waals surface area contributed by atoms with Crippen molar-refractivity contribution in [2.24, 2.45) is 11.3 Å². The second-order valence-corrected chi connectivity index (χ2v) is 5.35. The van der Waals surface area contributed by atoms with Crippen LogP contribution >= 0.6 is 11.6 Å². The van der Waals surface area contributed by atoms with Gasteiger partial charge in [-0.3, -0.25) is 4.79 Å². The molecule has 1 amide bonds. The molecule has 0 bridgehead atoms. The van der Waals surface area contributed by atoms with Crippen LogP contribution in [0.2, 0.25) is 0 Å². The molecule has 0 aliphatic carbocycles. The summed E-state index contributed by atoms with van der Waals surface area (Å²) in [7, 11) is 0. The van der Waals surface area contributed by atoms with Gasteiger partial charge < -0.3 is 4.90 Å². The zero-order valence-corrected chi connectivity index (χ0v) is 10.1. The highest BCUT2D eigenvalue weighted by atomic mass is 35.5. The van der Waals surface area contributed by atoms with Gasteiger partial charge in [0.15, 0.2) is 0 Å². The lowest BCUT2D eigenvalue weighted by atomic mass is 9.82. The first-order valence-corrected chi connectivity index (χ1v) is 5.84. The van der Waals surface area contributed by atoms with E-state index in [4.69, 9.17) is 11.6 Å². The number of carbonyl (C=O) groups excluding carboxylic acids is 1. The van der Waals surface area contributed by atoms with E-state index in [2.05, 4.69) is 13.8 Å². The van der Waals surface area contributed by atoms with Gasteiger partial charge in [0.2, 0.25) is 5.91 Å². The number of piperidine rings is 1. The van der Waals surface area contributed by atoms with E-state index in [0.29, 0.717) is 11.3 Å². The predicted octanol–water partition coefficient (Wildman–Crippen LogP) is 2.51. The van der Waals surface area contributed by atoms with E-state index >= 15 is 0 Å². The van der Waals surface area contributed by atoms with E-state index in [1.165, 1.54) is 0 Å². The Balaban J connectivity index is 2.46. The molecule has 0 spiro atoms. The number of amides is 1. The Labute approximate surface area is 91.6 Å². The molecule has 0 aromatic carbocycles. The largest absolute Gasteiger partial charge is 0.342 e. The molecule has 3 heteroatoms. The number of hydrogen-bond acceptors (Lipinski definition) is 1. The zero-order chi connectivity index (χ0) is 10.8. The van der Waals surface area contributed by atoms with Gasteiger partial charge in [0.1, 0.15) is 0 Å². The summed E-state index contributed by atoms with van der Waals surface area (Å²) >= 11 is 5.67. The van der Waals surface area contributed by atoms with Crippen molar-refractivity contribution in [1.82, 2.24) is 4.90 Å². The van der Waals surface area contributed by atoms with E-state index < -0.39 is 0 Å². The monoisotopic (exact) mass is 217 g/mol. The first-order valence-electron chi connectivity index (χ1n) is 5.31. The number of likely N-dealkylation sites (tertiary alicyclic amines) is 1. The number of halogens is 1. The van der Waals surface area contributed by atoms with Crippen LogP contribution in [0, 0.1) is 11.3 Å². The fourth-order valence-corrected chi connectivity index (χ4v) is 1.84. The standard InChI is InChI=1S/C11H20ClNO/c1-9(8-12)10(14)13-6-4-11(2,3)5-7-13/h9H,4-8H2,1-3H3. The third-order valence-corrected chi connectivity index (χ3v) is 3.54. The molecule has 1 aliphatic rings. The van der Waals surface area contributed by atoms with Crippen molar-refractivity contribution >= 4 is 17.5 Å². The molecule has 1 unspecified atom stereocenters. The molecule has 0 N–H and O–H groups in total. The normalized spacial score (nSPS) is 23.3. The highest BCUT2D eigenvalue weighted by Gasteiger charge is 2.29. The first kappa shape index (κ1) is 11.8. The molecule has 1 fully saturated rings. The molecule has 0 aromatic rings. The summed E-state index contributed by atoms with van der Waals surface area (Å²) < 4.78 is 0. The van der Waals surface area contributed by atoms with Gasteiger partial charge in [-0.05, 0) is 18.3 Å². The number of nitrogens with zero attached hydrogens (tertiary/aromatic N) is 1. The van der Waals surface area contributed by atoms with Crippen LogP contribution in [0.1, 0.15) is 33.6 Å². The van der Waals surface area contributed by atoms with Gasteiger partial charge in [-0.1, -0.05) is 20.8 Å². The summed E-state index contributed by atoms with van der Waals surface area (Å²) in [5, 5.41) is 0. The van der Waals surface area contributed by atoms with Gasteiger partial charge >= 0.3 is 0 Å². The fraction of sp³-hybridized carbons (Fsp3) is 0.909. The molecule has 1 saturated heterocycles. The third kappa shape index (κ3) is 2.88. The summed E-state index contributed by atoms with van der Waals surface area (Å²) in [6.07, 6.45) is 2.21. The van der Waals surface area contributed by atoms with Crippen molar-refractivity contribution in [3.05, 3.63) is 0 Å². The zero-order valence-electron chi connectivity index (χ0n) is 9.35. The maximum Gasteiger partial charge on any atom is 0.226 e. The minimum atomic E-state index is -0.0297. The molecule has 1 rings (SSSR count). The lowest BCUT2D eigenvalue weighted by molar-refractivity contribution is -0.136. The molecule has 0 radical (unpaired) electrons. The van der Waals surface area contributed by atoms with Crippen LogP contribution in [-0.2, 0) is 4.79 Å². The predicted molar refractivity (Wildman–Crippen MR) is 59.5 cm³/mol. The van der Waals surface area contributed by atoms with Crippen molar-refractivity contribution in [1.29, 1.82) is 0 Å². The molecule has 1 atom stereocenters. The van der Waals surface area contributed by atoms with E-state index in [1.54, 1.807) is 0 Å². The summed E-state index contributed by atoms with van der Waals surface area (Å²) in [5.74, 6) is 0.618. The van der Waals surface area contributed by atoms with Crippen LogP contribution in [-0.4, -0.2) is 29.8 Å². The quantitative estimate of drug-likeness (QED) is 0.651. The Hall–Kier alpha value is -0.240. The fourth-order valence-electron chi connectivity index (χ4n) is 1.71. The summed E-state index contributed by atoms with van der Waals surface area (Å²) in [4.78, 5) is 13.7. The second kappa shape index (κ2) is 4.52. The van der Waals surface area contributed by atoms with Crippen molar-refractivity contribution in [2.45, 2.75) is 33.6 Å². The third-order valence-electron chi connectivity index (χ3n) is 3.08. The van der Waals surface area contributed by atoms with E-state index in [1.807, 2.05) is 11.8 Å². The average Bonchev–Trinajstić information content (AvgIpc) is 2.15. The number of rotatable bonds is 2. The van der Waals surface area contributed by atoms with Gasteiger partial charge in [-0.2, -0.15) is 0 Å². The Bertz CT molecular complexity index is 205. The smallest absolute Gasteiger partial charge is 0.226 e. The maximum absolute atomic E-state index is 11.8. The number of carbonyl (C=O) groups is 1. The summed E-state index contributed by atoms with van der Waals surface area (Å²) in [6, 6.07) is 0. The maximum atomic E-state index is 11.8. The number of hydrogen-bond donors (Lipinski definition) is 0. The van der Waals surface area contributed by atoms with Gasteiger partial charge in [-0.15, -0.1) is 11.6 Å². The summed E-state index contributed by atoms with van der Waals surface area (Å²) in [6.45, 7) is 8.22. The molecule has 0 aromatic heterocycles. The highest BCUT2D eigenvalue weighted by Crippen LogP contribution is 2.30. The minimum absolute atomic E-state index is 0.0297. The lowest BCUT2D eigenvalue weighted by Gasteiger charge is -2.37. The van der Waals surface area contributed by atoms with Crippen LogP contribution in [0.4, 0.5) is 0 Å². The Morgan fingerprint density at radius 2 is 1.93 bits per heavy atom. The van der Waals surface area contributed by atoms with Crippen molar-refractivity contribution < 1.29 is 4.79 Å². The van der Waals surface area contributed by atoms with Crippen LogP contribution < -0.4 is 0 Å². The lowest BCUT2D eigenvalue weighted by Crippen LogP contribution is -2.43. The van der Waals surface area contributed by atoms with Gasteiger partial charge in [-0.25, -0.2) is 0 Å². The molecule has 82 valence electrons. The molecular weight excluding hydrogens is 198 g/mol. The van der Waals surface area contributed by atoms with Crippen molar-refractivity contribution in [3.63, 3.8) is 0 Å². The molecule has 1 aliphatic heterocycles. The van der Waals surface area contributed by atoms with Crippen molar-refractivity contribution in [3.8, 4) is 0 Å². The van der Waals surface area contributed by atoms with E-state index in [-0.39, 0.29) is 11.8 Å². The highest BCUT2D eigenvalue weighted by molar-refractivity contribution is 6.19. The SMILES string of the molecule is CC(CCl)C(=O)N1CCC(C)(C)CC1. The number of alkyl halides is 1. The van der Waals surface area contributed by atoms with Crippen LogP contribution in [0.15, 0.2) is 0 Å². The topological polar surface area (TPSA) is 20.3 Å². The molecular formula is C11H20ClNO. The van der Waals surface area contributed by atoms with E-state index in [0.717, 1.165) is 25.9 Å². The summed E-state index contributed by atoms with van der Waals surface area (Å²) in [5.41, 5.74) is 0.404. The Morgan fingerprint density at radius 3 is 2.36 bits per heavy atom. The molecule has 1 heterocycles. The van der Waals surface area contributed by atoms with Crippen molar-refractivity contribution in [2.75, 3.05) is 19.0 Å². The second-order valence-electron chi connectivity index (χ2n) is 5.04. The van der Waals surface area contributed by atoms with Crippen LogP contribution in [0.5, 0.6) is 0 Å². The van der Waals surface area contributed by atoms with Gasteiger partial charge in [0.05, 0.1) is 0 Å². The molecule has 0 saturated carbocycles. The van der Waals surface area contributed by atoms with E-state index in [9.17, 15) is 4.79 Å². The molecule has 2 nitrogen and oxygen atoms in total.